The van der Waals surface area contributed by atoms with Crippen LogP contribution >= 0.6 is 11.8 Å². The summed E-state index contributed by atoms with van der Waals surface area (Å²) in [6, 6.07) is -0.414. The molecule has 1 fully saturated rings. The first kappa shape index (κ1) is 18.0. The van der Waals surface area contributed by atoms with Crippen LogP contribution in [-0.4, -0.2) is 42.3 Å². The van der Waals surface area contributed by atoms with Crippen LogP contribution in [0.2, 0.25) is 0 Å². The summed E-state index contributed by atoms with van der Waals surface area (Å²) < 4.78 is 4.69. The van der Waals surface area contributed by atoms with Crippen molar-refractivity contribution in [1.29, 1.82) is 0 Å². The average molecular weight is 315 g/mol. The Morgan fingerprint density at radius 3 is 2.33 bits per heavy atom. The number of thioether (sulfide) groups is 1. The maximum absolute atomic E-state index is 11.9. The highest BCUT2D eigenvalue weighted by Crippen LogP contribution is 2.51. The van der Waals surface area contributed by atoms with E-state index in [1.165, 1.54) is 25.8 Å². The lowest BCUT2D eigenvalue weighted by Crippen LogP contribution is -2.44. The molecule has 6 heteroatoms. The number of hydrogen-bond acceptors (Lipinski definition) is 5. The molecule has 1 unspecified atom stereocenters. The molecular formula is C15H25NO4S. The van der Waals surface area contributed by atoms with Gasteiger partial charge in [-0.3, -0.25) is 14.4 Å². The lowest BCUT2D eigenvalue weighted by Gasteiger charge is -2.19. The van der Waals surface area contributed by atoms with Gasteiger partial charge in [-0.05, 0) is 36.9 Å². The zero-order valence-corrected chi connectivity index (χ0v) is 14.0. The molecule has 0 aliphatic heterocycles. The summed E-state index contributed by atoms with van der Waals surface area (Å²) in [4.78, 5) is 34.6. The van der Waals surface area contributed by atoms with Crippen LogP contribution in [0.1, 0.15) is 40.0 Å². The molecule has 0 aromatic heterocycles. The van der Waals surface area contributed by atoms with E-state index in [2.05, 4.69) is 5.32 Å². The fourth-order valence-electron chi connectivity index (χ4n) is 2.24. The van der Waals surface area contributed by atoms with Gasteiger partial charge in [0.2, 0.25) is 5.91 Å². The van der Waals surface area contributed by atoms with E-state index in [1.54, 1.807) is 0 Å². The summed E-state index contributed by atoms with van der Waals surface area (Å²) in [7, 11) is 1.40. The molecule has 21 heavy (non-hydrogen) atoms. The van der Waals surface area contributed by atoms with Crippen molar-refractivity contribution in [3.63, 3.8) is 0 Å². The third-order valence-corrected chi connectivity index (χ3v) is 5.05. The molecule has 5 nitrogen and oxygen atoms in total. The number of ether oxygens (including phenoxy) is 1. The number of ketones is 1. The third kappa shape index (κ3) is 6.08. The first-order valence-corrected chi connectivity index (χ1v) is 8.39. The molecule has 0 spiro atoms. The van der Waals surface area contributed by atoms with Crippen molar-refractivity contribution >= 4 is 29.4 Å². The van der Waals surface area contributed by atoms with Crippen LogP contribution in [0, 0.1) is 11.3 Å². The van der Waals surface area contributed by atoms with E-state index in [0.29, 0.717) is 12.2 Å². The van der Waals surface area contributed by atoms with Crippen molar-refractivity contribution in [2.24, 2.45) is 11.3 Å². The van der Waals surface area contributed by atoms with Gasteiger partial charge < -0.3 is 10.1 Å². The number of carbonyl (C=O) groups excluding carboxylic acids is 3. The molecule has 1 saturated carbocycles. The van der Waals surface area contributed by atoms with E-state index in [4.69, 9.17) is 4.74 Å². The second-order valence-corrected chi connectivity index (χ2v) is 7.13. The Morgan fingerprint density at radius 2 is 1.90 bits per heavy atom. The number of amides is 1. The normalized spacial score (nSPS) is 17.2. The van der Waals surface area contributed by atoms with Crippen molar-refractivity contribution in [1.82, 2.24) is 5.32 Å². The summed E-state index contributed by atoms with van der Waals surface area (Å²) in [6.45, 7) is 5.32. The molecule has 0 bridgehead atoms. The van der Waals surface area contributed by atoms with Crippen molar-refractivity contribution in [2.45, 2.75) is 46.1 Å². The molecule has 1 aliphatic carbocycles. The maximum atomic E-state index is 11.9. The van der Waals surface area contributed by atoms with Gasteiger partial charge in [0.1, 0.15) is 0 Å². The SMILES string of the molecule is COC(=O)CC1(CSCC(=O)NC(C(C)=O)C(C)C)CC1. The number of Topliss-reactive ketones (excluding diaryl/α,β-unsaturated/α-hetero) is 1. The highest BCUT2D eigenvalue weighted by atomic mass is 32.2. The second kappa shape index (κ2) is 7.82. The van der Waals surface area contributed by atoms with Gasteiger partial charge in [-0.25, -0.2) is 0 Å². The highest BCUT2D eigenvalue weighted by molar-refractivity contribution is 8.00. The smallest absolute Gasteiger partial charge is 0.306 e. The Morgan fingerprint density at radius 1 is 1.29 bits per heavy atom. The molecule has 1 amide bonds. The third-order valence-electron chi connectivity index (χ3n) is 3.77. The van der Waals surface area contributed by atoms with Crippen LogP contribution in [0.3, 0.4) is 0 Å². The van der Waals surface area contributed by atoms with Gasteiger partial charge in [-0.1, -0.05) is 13.8 Å². The maximum Gasteiger partial charge on any atom is 0.306 e. The van der Waals surface area contributed by atoms with Crippen LogP contribution in [0.15, 0.2) is 0 Å². The predicted octanol–water partition coefficient (Wildman–Crippen LogP) is 1.79. The lowest BCUT2D eigenvalue weighted by atomic mass is 10.0. The van der Waals surface area contributed by atoms with E-state index in [0.717, 1.165) is 18.6 Å². The Hall–Kier alpha value is -1.04. The largest absolute Gasteiger partial charge is 0.469 e. The van der Waals surface area contributed by atoms with Gasteiger partial charge in [0, 0.05) is 0 Å². The number of rotatable bonds is 9. The Labute approximate surface area is 130 Å². The highest BCUT2D eigenvalue weighted by Gasteiger charge is 2.44. The predicted molar refractivity (Wildman–Crippen MR) is 83.1 cm³/mol. The lowest BCUT2D eigenvalue weighted by molar-refractivity contribution is -0.141. The van der Waals surface area contributed by atoms with E-state index >= 15 is 0 Å². The Bertz CT molecular complexity index is 404. The van der Waals surface area contributed by atoms with Gasteiger partial charge in [0.15, 0.2) is 5.78 Å². The van der Waals surface area contributed by atoms with Crippen molar-refractivity contribution in [3.05, 3.63) is 0 Å². The van der Waals surface area contributed by atoms with Crippen molar-refractivity contribution < 1.29 is 19.1 Å². The molecule has 0 aromatic rings. The Balaban J connectivity index is 2.31. The first-order valence-electron chi connectivity index (χ1n) is 7.24. The van der Waals surface area contributed by atoms with Crippen LogP contribution in [0.5, 0.6) is 0 Å². The molecular weight excluding hydrogens is 290 g/mol. The molecule has 0 radical (unpaired) electrons. The van der Waals surface area contributed by atoms with E-state index in [1.807, 2.05) is 13.8 Å². The minimum absolute atomic E-state index is 0.0206. The number of hydrogen-bond donors (Lipinski definition) is 1. The number of esters is 1. The minimum Gasteiger partial charge on any atom is -0.469 e. The zero-order valence-electron chi connectivity index (χ0n) is 13.2. The van der Waals surface area contributed by atoms with Crippen LogP contribution in [-0.2, 0) is 19.1 Å². The van der Waals surface area contributed by atoms with Crippen molar-refractivity contribution in [3.8, 4) is 0 Å². The molecule has 1 N–H and O–H groups in total. The summed E-state index contributed by atoms with van der Waals surface area (Å²) in [5.74, 6) is 0.858. The van der Waals surface area contributed by atoms with E-state index in [9.17, 15) is 14.4 Å². The molecule has 0 saturated heterocycles. The summed E-state index contributed by atoms with van der Waals surface area (Å²) in [6.07, 6.45) is 2.46. The van der Waals surface area contributed by atoms with Crippen LogP contribution in [0.25, 0.3) is 0 Å². The fraction of sp³-hybridized carbons (Fsp3) is 0.800. The molecule has 1 aliphatic rings. The first-order chi connectivity index (χ1) is 9.79. The van der Waals surface area contributed by atoms with Crippen LogP contribution < -0.4 is 5.32 Å². The average Bonchev–Trinajstić information content (AvgIpc) is 3.14. The van der Waals surface area contributed by atoms with Crippen molar-refractivity contribution in [2.75, 3.05) is 18.6 Å². The number of nitrogens with one attached hydrogen (secondary N) is 1. The standard InChI is InChI=1S/C15H25NO4S/c1-10(2)14(11(3)17)16-12(18)8-21-9-15(5-6-15)7-13(19)20-4/h10,14H,5-9H2,1-4H3,(H,16,18). The van der Waals surface area contributed by atoms with Gasteiger partial charge in [0.25, 0.3) is 0 Å². The zero-order chi connectivity index (χ0) is 16.0. The summed E-state index contributed by atoms with van der Waals surface area (Å²) >= 11 is 1.52. The van der Waals surface area contributed by atoms with Crippen LogP contribution in [0.4, 0.5) is 0 Å². The summed E-state index contributed by atoms with van der Waals surface area (Å²) in [5, 5.41) is 2.77. The second-order valence-electron chi connectivity index (χ2n) is 6.15. The number of methoxy groups -OCH3 is 1. The number of carbonyl (C=O) groups is 3. The molecule has 0 aromatic carbocycles. The topological polar surface area (TPSA) is 72.5 Å². The van der Waals surface area contributed by atoms with E-state index < -0.39 is 6.04 Å². The fourth-order valence-corrected chi connectivity index (χ4v) is 3.43. The monoisotopic (exact) mass is 315 g/mol. The molecule has 1 rings (SSSR count). The molecule has 120 valence electrons. The van der Waals surface area contributed by atoms with Gasteiger partial charge in [-0.2, -0.15) is 11.8 Å². The molecule has 1 atom stereocenters. The van der Waals surface area contributed by atoms with Gasteiger partial charge >= 0.3 is 5.97 Å². The summed E-state index contributed by atoms with van der Waals surface area (Å²) in [5.41, 5.74) is 0.0239. The molecule has 0 heterocycles. The Kier molecular flexibility index (Phi) is 6.71. The van der Waals surface area contributed by atoms with Gasteiger partial charge in [-0.15, -0.1) is 0 Å². The van der Waals surface area contributed by atoms with Gasteiger partial charge in [0.05, 0.1) is 25.3 Å². The van der Waals surface area contributed by atoms with E-state index in [-0.39, 0.29) is 29.0 Å². The minimum atomic E-state index is -0.414. The quantitative estimate of drug-likeness (QED) is 0.657.